The van der Waals surface area contributed by atoms with Crippen LogP contribution in [0, 0.1) is 0 Å². The van der Waals surface area contributed by atoms with Gasteiger partial charge in [0.25, 0.3) is 0 Å². The van der Waals surface area contributed by atoms with Gasteiger partial charge in [0.1, 0.15) is 28.9 Å². The van der Waals surface area contributed by atoms with Crippen LogP contribution in [0.25, 0.3) is 21.9 Å². The molecule has 6 nitrogen and oxygen atoms in total. The van der Waals surface area contributed by atoms with Crippen LogP contribution in [-0.4, -0.2) is 29.2 Å². The van der Waals surface area contributed by atoms with Crippen molar-refractivity contribution < 1.29 is 9.47 Å². The van der Waals surface area contributed by atoms with Crippen LogP contribution in [0.15, 0.2) is 48.8 Å². The molecule has 0 unspecified atom stereocenters. The maximum atomic E-state index is 5.42. The second-order valence-corrected chi connectivity index (χ2v) is 5.31. The summed E-state index contributed by atoms with van der Waals surface area (Å²) in [5.74, 6) is 2.13. The van der Waals surface area contributed by atoms with Crippen molar-refractivity contribution in [3.05, 3.63) is 48.8 Å². The molecule has 0 radical (unpaired) electrons. The molecule has 24 heavy (non-hydrogen) atoms. The number of nitrogens with one attached hydrogen (secondary N) is 2. The molecule has 0 aliphatic carbocycles. The fourth-order valence-corrected chi connectivity index (χ4v) is 2.78. The predicted octanol–water partition coefficient (Wildman–Crippen LogP) is 3.87. The normalized spacial score (nSPS) is 10.9. The van der Waals surface area contributed by atoms with Gasteiger partial charge in [0, 0.05) is 17.0 Å². The smallest absolute Gasteiger partial charge is 0.158 e. The van der Waals surface area contributed by atoms with Crippen LogP contribution in [0.1, 0.15) is 0 Å². The van der Waals surface area contributed by atoms with E-state index in [0.717, 1.165) is 33.4 Å². The molecule has 0 bridgehead atoms. The third kappa shape index (κ3) is 2.28. The van der Waals surface area contributed by atoms with E-state index < -0.39 is 0 Å². The lowest BCUT2D eigenvalue weighted by molar-refractivity contribution is 0.405. The number of anilines is 2. The molecule has 0 spiro atoms. The molecule has 0 saturated carbocycles. The zero-order valence-electron chi connectivity index (χ0n) is 13.3. The van der Waals surface area contributed by atoms with Crippen molar-refractivity contribution >= 4 is 33.4 Å². The maximum absolute atomic E-state index is 5.42. The Labute approximate surface area is 138 Å². The van der Waals surface area contributed by atoms with Crippen LogP contribution >= 0.6 is 0 Å². The lowest BCUT2D eigenvalue weighted by Gasteiger charge is -2.12. The highest BCUT2D eigenvalue weighted by Gasteiger charge is 2.12. The Kier molecular flexibility index (Phi) is 3.42. The van der Waals surface area contributed by atoms with Gasteiger partial charge < -0.3 is 19.8 Å². The predicted molar refractivity (Wildman–Crippen MR) is 94.2 cm³/mol. The number of aromatic amines is 1. The number of rotatable bonds is 4. The molecule has 0 atom stereocenters. The van der Waals surface area contributed by atoms with Crippen LogP contribution in [0.2, 0.25) is 0 Å². The SMILES string of the molecule is COc1ccc(OC)c(Nc2ncnc3c2[nH]c2ccccc23)c1. The topological polar surface area (TPSA) is 72.1 Å². The Balaban J connectivity index is 1.86. The zero-order valence-corrected chi connectivity index (χ0v) is 13.3. The minimum atomic E-state index is 0.683. The van der Waals surface area contributed by atoms with Gasteiger partial charge >= 0.3 is 0 Å². The van der Waals surface area contributed by atoms with E-state index in [2.05, 4.69) is 20.3 Å². The molecule has 0 saturated heterocycles. The Morgan fingerprint density at radius 2 is 1.88 bits per heavy atom. The first-order chi connectivity index (χ1) is 11.8. The number of hydrogen-bond acceptors (Lipinski definition) is 5. The molecule has 0 amide bonds. The molecule has 4 aromatic rings. The summed E-state index contributed by atoms with van der Waals surface area (Å²) in [4.78, 5) is 12.2. The number of H-pyrrole nitrogens is 1. The van der Waals surface area contributed by atoms with Crippen molar-refractivity contribution in [3.63, 3.8) is 0 Å². The third-order valence-electron chi connectivity index (χ3n) is 3.95. The van der Waals surface area contributed by atoms with Crippen molar-refractivity contribution in [1.82, 2.24) is 15.0 Å². The summed E-state index contributed by atoms with van der Waals surface area (Å²) in [6.07, 6.45) is 1.55. The quantitative estimate of drug-likeness (QED) is 0.597. The number of hydrogen-bond donors (Lipinski definition) is 2. The Morgan fingerprint density at radius 1 is 1.00 bits per heavy atom. The molecule has 2 N–H and O–H groups in total. The Morgan fingerprint density at radius 3 is 2.71 bits per heavy atom. The summed E-state index contributed by atoms with van der Waals surface area (Å²) in [5, 5.41) is 4.38. The van der Waals surface area contributed by atoms with Gasteiger partial charge in [-0.25, -0.2) is 9.97 Å². The fraction of sp³-hybridized carbons (Fsp3) is 0.111. The summed E-state index contributed by atoms with van der Waals surface area (Å²) in [7, 11) is 3.26. The summed E-state index contributed by atoms with van der Waals surface area (Å²) in [6, 6.07) is 13.6. The molecule has 0 fully saturated rings. The summed E-state index contributed by atoms with van der Waals surface area (Å²) >= 11 is 0. The number of para-hydroxylation sites is 1. The van der Waals surface area contributed by atoms with Crippen molar-refractivity contribution in [2.24, 2.45) is 0 Å². The summed E-state index contributed by atoms with van der Waals surface area (Å²) in [5.41, 5.74) is 3.53. The summed E-state index contributed by atoms with van der Waals surface area (Å²) in [6.45, 7) is 0. The zero-order chi connectivity index (χ0) is 16.5. The fourth-order valence-electron chi connectivity index (χ4n) is 2.78. The molecule has 0 aliphatic heterocycles. The number of fused-ring (bicyclic) bond motifs is 3. The standard InChI is InChI=1S/C18H16N4O2/c1-23-11-7-8-15(24-2)14(9-11)22-18-17-16(19-10-20-18)12-5-3-4-6-13(12)21-17/h3-10,21H,1-2H3,(H,19,20,22). The second kappa shape index (κ2) is 5.73. The van der Waals surface area contributed by atoms with Gasteiger partial charge in [-0.3, -0.25) is 0 Å². The van der Waals surface area contributed by atoms with Gasteiger partial charge in [-0.2, -0.15) is 0 Å². The van der Waals surface area contributed by atoms with E-state index in [9.17, 15) is 0 Å². The highest BCUT2D eigenvalue weighted by molar-refractivity contribution is 6.08. The molecule has 6 heteroatoms. The third-order valence-corrected chi connectivity index (χ3v) is 3.95. The second-order valence-electron chi connectivity index (χ2n) is 5.31. The van der Waals surface area contributed by atoms with E-state index in [1.807, 2.05) is 42.5 Å². The average molecular weight is 320 g/mol. The first-order valence-electron chi connectivity index (χ1n) is 7.50. The highest BCUT2D eigenvalue weighted by Crippen LogP contribution is 2.34. The lowest BCUT2D eigenvalue weighted by Crippen LogP contribution is -1.99. The van der Waals surface area contributed by atoms with Crippen molar-refractivity contribution in [1.29, 1.82) is 0 Å². The van der Waals surface area contributed by atoms with Crippen LogP contribution < -0.4 is 14.8 Å². The first kappa shape index (κ1) is 14.3. The number of benzene rings is 2. The van der Waals surface area contributed by atoms with E-state index in [-0.39, 0.29) is 0 Å². The lowest BCUT2D eigenvalue weighted by atomic mass is 10.2. The van der Waals surface area contributed by atoms with Crippen molar-refractivity contribution in [3.8, 4) is 11.5 Å². The molecule has 2 aromatic heterocycles. The molecular formula is C18H16N4O2. The largest absolute Gasteiger partial charge is 0.497 e. The molecule has 0 aliphatic rings. The van der Waals surface area contributed by atoms with Gasteiger partial charge in [0.15, 0.2) is 5.82 Å². The molecule has 2 heterocycles. The van der Waals surface area contributed by atoms with E-state index in [1.165, 1.54) is 0 Å². The molecular weight excluding hydrogens is 304 g/mol. The van der Waals surface area contributed by atoms with Crippen molar-refractivity contribution in [2.45, 2.75) is 0 Å². The first-order valence-corrected chi connectivity index (χ1v) is 7.50. The number of nitrogens with zero attached hydrogens (tertiary/aromatic N) is 2. The maximum Gasteiger partial charge on any atom is 0.158 e. The Bertz CT molecular complexity index is 1030. The van der Waals surface area contributed by atoms with E-state index in [4.69, 9.17) is 9.47 Å². The van der Waals surface area contributed by atoms with Gasteiger partial charge in [-0.1, -0.05) is 18.2 Å². The van der Waals surface area contributed by atoms with Crippen LogP contribution in [0.4, 0.5) is 11.5 Å². The number of ether oxygens (including phenoxy) is 2. The van der Waals surface area contributed by atoms with E-state index in [1.54, 1.807) is 20.5 Å². The molecule has 2 aromatic carbocycles. The van der Waals surface area contributed by atoms with Gasteiger partial charge in [-0.05, 0) is 18.2 Å². The van der Waals surface area contributed by atoms with Gasteiger partial charge in [0.05, 0.1) is 19.9 Å². The Hall–Kier alpha value is -3.28. The molecule has 120 valence electrons. The van der Waals surface area contributed by atoms with Crippen LogP contribution in [-0.2, 0) is 0 Å². The van der Waals surface area contributed by atoms with E-state index >= 15 is 0 Å². The molecule has 4 rings (SSSR count). The number of aromatic nitrogens is 3. The van der Waals surface area contributed by atoms with Gasteiger partial charge in [-0.15, -0.1) is 0 Å². The van der Waals surface area contributed by atoms with E-state index in [0.29, 0.717) is 11.6 Å². The monoisotopic (exact) mass is 320 g/mol. The van der Waals surface area contributed by atoms with Gasteiger partial charge in [0.2, 0.25) is 0 Å². The minimum Gasteiger partial charge on any atom is -0.497 e. The average Bonchev–Trinajstić information content (AvgIpc) is 3.01. The summed E-state index contributed by atoms with van der Waals surface area (Å²) < 4.78 is 10.7. The highest BCUT2D eigenvalue weighted by atomic mass is 16.5. The van der Waals surface area contributed by atoms with Crippen LogP contribution in [0.3, 0.4) is 0 Å². The minimum absolute atomic E-state index is 0.683. The van der Waals surface area contributed by atoms with Crippen molar-refractivity contribution in [2.75, 3.05) is 19.5 Å². The number of methoxy groups -OCH3 is 2. The van der Waals surface area contributed by atoms with Crippen LogP contribution in [0.5, 0.6) is 11.5 Å².